The zero-order chi connectivity index (χ0) is 21.8. The van der Waals surface area contributed by atoms with E-state index in [0.717, 1.165) is 16.8 Å². The van der Waals surface area contributed by atoms with Crippen molar-refractivity contribution in [2.75, 3.05) is 11.9 Å². The normalized spacial score (nSPS) is 18.1. The summed E-state index contributed by atoms with van der Waals surface area (Å²) in [6, 6.07) is 18.4. The molecule has 1 aliphatic heterocycles. The number of amides is 2. The lowest BCUT2D eigenvalue weighted by atomic mass is 9.89. The van der Waals surface area contributed by atoms with Gasteiger partial charge >= 0.3 is 0 Å². The molecule has 0 radical (unpaired) electrons. The number of hydrogen-bond acceptors (Lipinski definition) is 4. The molecule has 31 heavy (non-hydrogen) atoms. The number of benzene rings is 2. The minimum Gasteiger partial charge on any atom is -0.360 e. The highest BCUT2D eigenvalue weighted by Crippen LogP contribution is 2.36. The van der Waals surface area contributed by atoms with Crippen LogP contribution in [0.25, 0.3) is 0 Å². The maximum Gasteiger partial charge on any atom is 0.274 e. The van der Waals surface area contributed by atoms with Gasteiger partial charge in [0.05, 0.1) is 0 Å². The minimum atomic E-state index is -0.711. The van der Waals surface area contributed by atoms with E-state index in [1.165, 1.54) is 0 Å². The van der Waals surface area contributed by atoms with E-state index in [1.807, 2.05) is 54.6 Å². The first-order chi connectivity index (χ1) is 15.1. The highest BCUT2D eigenvalue weighted by atomic mass is 16.5. The highest BCUT2D eigenvalue weighted by Gasteiger charge is 2.34. The van der Waals surface area contributed by atoms with Gasteiger partial charge in [-0.25, -0.2) is 0 Å². The van der Waals surface area contributed by atoms with Crippen LogP contribution in [-0.4, -0.2) is 30.1 Å². The van der Waals surface area contributed by atoms with E-state index < -0.39 is 11.9 Å². The van der Waals surface area contributed by atoms with E-state index in [-0.39, 0.29) is 17.5 Å². The number of hydrogen-bond donors (Lipinski definition) is 1. The van der Waals surface area contributed by atoms with Crippen LogP contribution in [-0.2, 0) is 11.2 Å². The van der Waals surface area contributed by atoms with Crippen LogP contribution in [0.3, 0.4) is 0 Å². The van der Waals surface area contributed by atoms with E-state index in [1.54, 1.807) is 18.0 Å². The molecule has 0 spiro atoms. The van der Waals surface area contributed by atoms with Gasteiger partial charge in [0.2, 0.25) is 5.91 Å². The van der Waals surface area contributed by atoms with Crippen molar-refractivity contribution in [1.29, 1.82) is 0 Å². The molecular formula is C25H23N3O3. The van der Waals surface area contributed by atoms with Crippen LogP contribution in [0.2, 0.25) is 0 Å². The van der Waals surface area contributed by atoms with E-state index in [2.05, 4.69) is 16.4 Å². The van der Waals surface area contributed by atoms with Gasteiger partial charge in [0, 0.05) is 31.6 Å². The number of fused-ring (bicyclic) bond motifs is 1. The Labute approximate surface area is 181 Å². The molecule has 1 aliphatic rings. The van der Waals surface area contributed by atoms with Crippen molar-refractivity contribution in [1.82, 2.24) is 10.5 Å². The number of terminal acetylenes is 1. The fourth-order valence-corrected chi connectivity index (χ4v) is 3.99. The maximum atomic E-state index is 13.1. The van der Waals surface area contributed by atoms with Crippen molar-refractivity contribution in [3.63, 3.8) is 0 Å². The van der Waals surface area contributed by atoms with Gasteiger partial charge in [-0.3, -0.25) is 9.59 Å². The molecule has 2 amide bonds. The fourth-order valence-electron chi connectivity index (χ4n) is 3.99. The van der Waals surface area contributed by atoms with Crippen molar-refractivity contribution >= 4 is 17.5 Å². The Bertz CT molecular complexity index is 1130. The third-order valence-electron chi connectivity index (χ3n) is 5.57. The number of para-hydroxylation sites is 1. The predicted octanol–water partition coefficient (Wildman–Crippen LogP) is 3.54. The molecule has 2 atom stereocenters. The lowest BCUT2D eigenvalue weighted by molar-refractivity contribution is -0.120. The summed E-state index contributed by atoms with van der Waals surface area (Å²) in [5, 5.41) is 6.73. The van der Waals surface area contributed by atoms with Crippen molar-refractivity contribution in [3.05, 3.63) is 83.2 Å². The zero-order valence-electron chi connectivity index (χ0n) is 17.2. The number of likely N-dealkylation sites (N-methyl/N-ethyl adjacent to an activating group) is 1. The molecule has 1 N–H and O–H groups in total. The van der Waals surface area contributed by atoms with Crippen molar-refractivity contribution in [2.45, 2.75) is 31.2 Å². The van der Waals surface area contributed by atoms with Gasteiger partial charge in [-0.05, 0) is 29.5 Å². The standard InChI is InChI=1S/C25H23N3O3/c1-3-9-18-15-22(25(30)28(2)23-13-8-7-12-20(18)23)26-24(29)21-16-19(31-27-21)14-17-10-5-4-6-11-17/h1,4-8,10-13,16,18,22H,9,14-15H2,2H3,(H,26,29)/t18-,22+/m0/s1. The quantitative estimate of drug-likeness (QED) is 0.649. The summed E-state index contributed by atoms with van der Waals surface area (Å²) in [5.74, 6) is 2.61. The summed E-state index contributed by atoms with van der Waals surface area (Å²) >= 11 is 0. The number of carbonyl (C=O) groups excluding carboxylic acids is 2. The minimum absolute atomic E-state index is 0.0358. The molecule has 6 heteroatoms. The number of anilines is 1. The van der Waals surface area contributed by atoms with E-state index in [0.29, 0.717) is 25.0 Å². The Morgan fingerprint density at radius 1 is 1.23 bits per heavy atom. The molecule has 0 fully saturated rings. The number of aromatic nitrogens is 1. The first-order valence-electron chi connectivity index (χ1n) is 10.2. The molecule has 6 nitrogen and oxygen atoms in total. The van der Waals surface area contributed by atoms with Crippen LogP contribution in [0.4, 0.5) is 5.69 Å². The molecule has 0 bridgehead atoms. The van der Waals surface area contributed by atoms with Crippen molar-refractivity contribution < 1.29 is 14.1 Å². The van der Waals surface area contributed by atoms with E-state index in [9.17, 15) is 9.59 Å². The molecule has 156 valence electrons. The van der Waals surface area contributed by atoms with E-state index in [4.69, 9.17) is 10.9 Å². The number of rotatable bonds is 5. The van der Waals surface area contributed by atoms with Gasteiger partial charge in [0.15, 0.2) is 5.69 Å². The van der Waals surface area contributed by atoms with Gasteiger partial charge < -0.3 is 14.7 Å². The smallest absolute Gasteiger partial charge is 0.274 e. The lowest BCUT2D eigenvalue weighted by Gasteiger charge is -2.21. The van der Waals surface area contributed by atoms with Gasteiger partial charge in [0.1, 0.15) is 11.8 Å². The van der Waals surface area contributed by atoms with Crippen molar-refractivity contribution in [3.8, 4) is 12.3 Å². The molecular weight excluding hydrogens is 390 g/mol. The summed E-state index contributed by atoms with van der Waals surface area (Å²) in [4.78, 5) is 27.5. The molecule has 0 aliphatic carbocycles. The fraction of sp³-hybridized carbons (Fsp3) is 0.240. The Morgan fingerprint density at radius 3 is 2.74 bits per heavy atom. The second-order valence-corrected chi connectivity index (χ2v) is 7.66. The zero-order valence-corrected chi connectivity index (χ0v) is 17.2. The Kier molecular flexibility index (Phi) is 5.85. The molecule has 1 aromatic heterocycles. The van der Waals surface area contributed by atoms with Gasteiger partial charge in [-0.1, -0.05) is 53.7 Å². The third-order valence-corrected chi connectivity index (χ3v) is 5.57. The Morgan fingerprint density at radius 2 is 1.97 bits per heavy atom. The topological polar surface area (TPSA) is 75.4 Å². The summed E-state index contributed by atoms with van der Waals surface area (Å²) in [7, 11) is 1.71. The van der Waals surface area contributed by atoms with Gasteiger partial charge in [0.25, 0.3) is 5.91 Å². The average Bonchev–Trinajstić information content (AvgIpc) is 3.23. The van der Waals surface area contributed by atoms with Crippen LogP contribution in [0.1, 0.15) is 46.1 Å². The predicted molar refractivity (Wildman–Crippen MR) is 118 cm³/mol. The molecule has 0 saturated carbocycles. The Hall–Kier alpha value is -3.85. The summed E-state index contributed by atoms with van der Waals surface area (Å²) in [5.41, 5.74) is 3.04. The summed E-state index contributed by atoms with van der Waals surface area (Å²) in [6.07, 6.45) is 7.02. The van der Waals surface area contributed by atoms with Crippen molar-refractivity contribution in [2.24, 2.45) is 0 Å². The SMILES string of the molecule is C#CC[C@H]1C[C@@H](NC(=O)c2cc(Cc3ccccc3)on2)C(=O)N(C)c2ccccc21. The first-order valence-corrected chi connectivity index (χ1v) is 10.2. The van der Waals surface area contributed by atoms with Gasteiger partial charge in [-0.2, -0.15) is 0 Å². The van der Waals surface area contributed by atoms with Crippen LogP contribution >= 0.6 is 0 Å². The molecule has 0 unspecified atom stereocenters. The highest BCUT2D eigenvalue weighted by molar-refractivity contribution is 6.02. The molecule has 0 saturated heterocycles. The number of carbonyl (C=O) groups is 2. The van der Waals surface area contributed by atoms with Crippen LogP contribution in [0.15, 0.2) is 65.2 Å². The van der Waals surface area contributed by atoms with E-state index >= 15 is 0 Å². The molecule has 4 rings (SSSR count). The summed E-state index contributed by atoms with van der Waals surface area (Å²) < 4.78 is 5.33. The first kappa shape index (κ1) is 20.4. The number of nitrogens with zero attached hydrogens (tertiary/aromatic N) is 2. The number of nitrogens with one attached hydrogen (secondary N) is 1. The summed E-state index contributed by atoms with van der Waals surface area (Å²) in [6.45, 7) is 0. The molecule has 2 aromatic carbocycles. The average molecular weight is 413 g/mol. The lowest BCUT2D eigenvalue weighted by Crippen LogP contribution is -2.47. The van der Waals surface area contributed by atoms with Crippen LogP contribution in [0.5, 0.6) is 0 Å². The largest absolute Gasteiger partial charge is 0.360 e. The Balaban J connectivity index is 1.51. The second-order valence-electron chi connectivity index (χ2n) is 7.66. The van der Waals surface area contributed by atoms with Gasteiger partial charge in [-0.15, -0.1) is 12.3 Å². The van der Waals surface area contributed by atoms with Crippen LogP contribution < -0.4 is 10.2 Å². The molecule has 3 aromatic rings. The van der Waals surface area contributed by atoms with Crippen LogP contribution in [0, 0.1) is 12.3 Å². The third kappa shape index (κ3) is 4.36. The monoisotopic (exact) mass is 413 g/mol. The second kappa shape index (κ2) is 8.88. The molecule has 2 heterocycles. The maximum absolute atomic E-state index is 13.1.